The Kier molecular flexibility index (Phi) is 15.2. The van der Waals surface area contributed by atoms with Crippen molar-refractivity contribution in [3.63, 3.8) is 0 Å². The van der Waals surface area contributed by atoms with Gasteiger partial charge in [-0.3, -0.25) is 0 Å². The zero-order valence-corrected chi connectivity index (χ0v) is 13.6. The predicted molar refractivity (Wildman–Crippen MR) is 82.8 cm³/mol. The average Bonchev–Trinajstić information content (AvgIpc) is 2.52. The van der Waals surface area contributed by atoms with Crippen molar-refractivity contribution in [2.45, 2.75) is 41.5 Å². The Morgan fingerprint density at radius 1 is 0.950 bits per heavy atom. The minimum absolute atomic E-state index is 0.426. The number of hydrogen-bond donors (Lipinski definition) is 0. The van der Waals surface area contributed by atoms with Gasteiger partial charge in [0.15, 0.2) is 0 Å². The monoisotopic (exact) mass is 278 g/mol. The molecule has 20 heavy (non-hydrogen) atoms. The Hall–Kier alpha value is -2.04. The molecule has 5 nitrogen and oxygen atoms in total. The van der Waals surface area contributed by atoms with Gasteiger partial charge in [0.2, 0.25) is 0 Å². The van der Waals surface area contributed by atoms with Crippen LogP contribution in [0.2, 0.25) is 0 Å². The summed E-state index contributed by atoms with van der Waals surface area (Å²) in [4.78, 5) is 15.3. The molecule has 0 amide bonds. The van der Waals surface area contributed by atoms with Crippen molar-refractivity contribution in [3.8, 4) is 6.01 Å². The third kappa shape index (κ3) is 11.1. The van der Waals surface area contributed by atoms with Crippen LogP contribution in [-0.4, -0.2) is 27.0 Å². The molecule has 0 aliphatic carbocycles. The van der Waals surface area contributed by atoms with Gasteiger partial charge in [0.1, 0.15) is 6.33 Å². The van der Waals surface area contributed by atoms with E-state index in [-0.39, 0.29) is 0 Å². The normalized spacial score (nSPS) is 7.75. The van der Waals surface area contributed by atoms with Crippen LogP contribution >= 0.6 is 0 Å². The second-order valence-corrected chi connectivity index (χ2v) is 3.10. The first-order chi connectivity index (χ1) is 9.72. The molecule has 0 radical (unpaired) electrons. The summed E-state index contributed by atoms with van der Waals surface area (Å²) in [6, 6.07) is 2.25. The fourth-order valence-electron chi connectivity index (χ4n) is 0.898. The molecule has 0 spiro atoms. The zero-order chi connectivity index (χ0) is 15.8. The first kappa shape index (κ1) is 20.3. The lowest BCUT2D eigenvalue weighted by atomic mass is 10.4. The lowest BCUT2D eigenvalue weighted by Gasteiger charge is -1.95. The van der Waals surface area contributed by atoms with Gasteiger partial charge in [-0.15, -0.1) is 0 Å². The molecule has 0 aromatic carbocycles. The van der Waals surface area contributed by atoms with Gasteiger partial charge in [-0.05, 0) is 25.5 Å². The summed E-state index contributed by atoms with van der Waals surface area (Å²) < 4.78 is 4.77. The predicted octanol–water partition coefficient (Wildman–Crippen LogP) is 3.63. The summed E-state index contributed by atoms with van der Waals surface area (Å²) in [7, 11) is 1.55. The number of aryl methyl sites for hydroxylation is 2. The molecule has 0 fully saturated rings. The standard InChI is InChI=1S/C6H8N2O.C5H6N2.2C2H6/c1-5-3-4-7-6(8-5)9-2;1-5-2-6-4-7-3-5;2*1-2/h3-4H,1-2H3;2-4H,1H3;2*1-2H3. The van der Waals surface area contributed by atoms with Gasteiger partial charge in [-0.25, -0.2) is 19.9 Å². The van der Waals surface area contributed by atoms with Crippen LogP contribution in [0.25, 0.3) is 0 Å². The number of aromatic nitrogens is 4. The van der Waals surface area contributed by atoms with Crippen molar-refractivity contribution in [1.82, 2.24) is 19.9 Å². The van der Waals surface area contributed by atoms with E-state index >= 15 is 0 Å². The smallest absolute Gasteiger partial charge is 0.316 e. The van der Waals surface area contributed by atoms with Crippen LogP contribution in [-0.2, 0) is 0 Å². The van der Waals surface area contributed by atoms with Gasteiger partial charge in [0.25, 0.3) is 0 Å². The molecule has 2 aromatic heterocycles. The van der Waals surface area contributed by atoms with E-state index in [2.05, 4.69) is 19.9 Å². The number of hydrogen-bond acceptors (Lipinski definition) is 5. The molecule has 0 atom stereocenters. The van der Waals surface area contributed by atoms with Crippen molar-refractivity contribution in [2.75, 3.05) is 7.11 Å². The Balaban J connectivity index is 0. The number of rotatable bonds is 1. The van der Waals surface area contributed by atoms with Gasteiger partial charge in [-0.2, -0.15) is 0 Å². The summed E-state index contributed by atoms with van der Waals surface area (Å²) in [6.45, 7) is 11.9. The molecule has 0 N–H and O–H groups in total. The lowest BCUT2D eigenvalue weighted by Crippen LogP contribution is -1.91. The molecule has 0 aliphatic rings. The largest absolute Gasteiger partial charge is 0.467 e. The van der Waals surface area contributed by atoms with E-state index in [1.54, 1.807) is 25.7 Å². The first-order valence-electron chi connectivity index (χ1n) is 6.77. The molecule has 0 bridgehead atoms. The van der Waals surface area contributed by atoms with Crippen LogP contribution < -0.4 is 4.74 Å². The second-order valence-electron chi connectivity index (χ2n) is 3.10. The van der Waals surface area contributed by atoms with Crippen LogP contribution in [0.15, 0.2) is 31.0 Å². The van der Waals surface area contributed by atoms with Crippen molar-refractivity contribution in [2.24, 2.45) is 0 Å². The zero-order valence-electron chi connectivity index (χ0n) is 13.6. The number of ether oxygens (including phenoxy) is 1. The van der Waals surface area contributed by atoms with Crippen LogP contribution in [0.1, 0.15) is 39.0 Å². The maximum absolute atomic E-state index is 4.77. The summed E-state index contributed by atoms with van der Waals surface area (Å²) in [6.07, 6.45) is 6.73. The minimum Gasteiger partial charge on any atom is -0.467 e. The summed E-state index contributed by atoms with van der Waals surface area (Å²) in [5.41, 5.74) is 2.02. The molecule has 0 saturated heterocycles. The second kappa shape index (κ2) is 15.0. The van der Waals surface area contributed by atoms with E-state index in [0.29, 0.717) is 6.01 Å². The van der Waals surface area contributed by atoms with Gasteiger partial charge >= 0.3 is 6.01 Å². The number of nitrogens with zero attached hydrogens (tertiary/aromatic N) is 4. The van der Waals surface area contributed by atoms with Gasteiger partial charge in [-0.1, -0.05) is 27.7 Å². The highest BCUT2D eigenvalue weighted by atomic mass is 16.5. The van der Waals surface area contributed by atoms with Crippen LogP contribution in [0.4, 0.5) is 0 Å². The van der Waals surface area contributed by atoms with E-state index in [1.165, 1.54) is 6.33 Å². The fraction of sp³-hybridized carbons (Fsp3) is 0.467. The Morgan fingerprint density at radius 3 is 1.80 bits per heavy atom. The SMILES string of the molecule is CC.CC.COc1nccc(C)n1.Cc1cncnc1. The van der Waals surface area contributed by atoms with E-state index in [1.807, 2.05) is 47.6 Å². The number of methoxy groups -OCH3 is 1. The maximum atomic E-state index is 4.77. The third-order valence-electron chi connectivity index (χ3n) is 1.64. The Labute approximate surface area is 122 Å². The molecule has 2 heterocycles. The molecule has 2 aromatic rings. The van der Waals surface area contributed by atoms with Gasteiger partial charge in [0, 0.05) is 24.3 Å². The van der Waals surface area contributed by atoms with Crippen molar-refractivity contribution < 1.29 is 4.74 Å². The van der Waals surface area contributed by atoms with Crippen LogP contribution in [0, 0.1) is 13.8 Å². The Bertz CT molecular complexity index is 421. The highest BCUT2D eigenvalue weighted by Crippen LogP contribution is 1.98. The molecule has 112 valence electrons. The maximum Gasteiger partial charge on any atom is 0.316 e. The Morgan fingerprint density at radius 2 is 1.50 bits per heavy atom. The third-order valence-corrected chi connectivity index (χ3v) is 1.64. The molecular formula is C15H26N4O. The molecule has 2 rings (SSSR count). The van der Waals surface area contributed by atoms with E-state index in [4.69, 9.17) is 4.74 Å². The first-order valence-corrected chi connectivity index (χ1v) is 6.77. The molecule has 0 aliphatic heterocycles. The van der Waals surface area contributed by atoms with E-state index in [9.17, 15) is 0 Å². The van der Waals surface area contributed by atoms with Crippen molar-refractivity contribution in [3.05, 3.63) is 42.2 Å². The molecular weight excluding hydrogens is 252 g/mol. The van der Waals surface area contributed by atoms with E-state index in [0.717, 1.165) is 11.3 Å². The van der Waals surface area contributed by atoms with Crippen molar-refractivity contribution in [1.29, 1.82) is 0 Å². The van der Waals surface area contributed by atoms with Crippen LogP contribution in [0.3, 0.4) is 0 Å². The quantitative estimate of drug-likeness (QED) is 0.797. The van der Waals surface area contributed by atoms with Gasteiger partial charge in [0.05, 0.1) is 7.11 Å². The minimum atomic E-state index is 0.426. The topological polar surface area (TPSA) is 60.8 Å². The van der Waals surface area contributed by atoms with Crippen LogP contribution in [0.5, 0.6) is 6.01 Å². The molecule has 5 heteroatoms. The highest BCUT2D eigenvalue weighted by molar-refractivity contribution is 5.02. The van der Waals surface area contributed by atoms with E-state index < -0.39 is 0 Å². The fourth-order valence-corrected chi connectivity index (χ4v) is 0.898. The lowest BCUT2D eigenvalue weighted by molar-refractivity contribution is 0.378. The summed E-state index contributed by atoms with van der Waals surface area (Å²) >= 11 is 0. The van der Waals surface area contributed by atoms with Gasteiger partial charge < -0.3 is 4.74 Å². The average molecular weight is 278 g/mol. The molecule has 0 unspecified atom stereocenters. The highest BCUT2D eigenvalue weighted by Gasteiger charge is 1.90. The summed E-state index contributed by atoms with van der Waals surface area (Å²) in [5.74, 6) is 0. The molecule has 0 saturated carbocycles. The summed E-state index contributed by atoms with van der Waals surface area (Å²) in [5, 5.41) is 0. The van der Waals surface area contributed by atoms with Crippen molar-refractivity contribution >= 4 is 0 Å².